The molecule has 0 saturated heterocycles. The summed E-state index contributed by atoms with van der Waals surface area (Å²) in [6, 6.07) is 3.87. The number of hydrazone groups is 1. The molecule has 12 heteroatoms. The van der Waals surface area contributed by atoms with Crippen LogP contribution in [0.3, 0.4) is 0 Å². The number of hydrogen-bond donors (Lipinski definition) is 4. The second-order valence-corrected chi connectivity index (χ2v) is 11.2. The van der Waals surface area contributed by atoms with Crippen LogP contribution in [0, 0.1) is 17.8 Å². The van der Waals surface area contributed by atoms with Crippen LogP contribution >= 0.6 is 11.8 Å². The molecule has 4 rings (SSSR count). The first kappa shape index (κ1) is 30.3. The predicted octanol–water partition coefficient (Wildman–Crippen LogP) is 4.05. The first-order valence-electron chi connectivity index (χ1n) is 13.4. The molecule has 0 aromatic heterocycles. The van der Waals surface area contributed by atoms with Gasteiger partial charge in [-0.1, -0.05) is 24.8 Å². The summed E-state index contributed by atoms with van der Waals surface area (Å²) in [5.41, 5.74) is 11.7. The van der Waals surface area contributed by atoms with E-state index in [0.29, 0.717) is 39.4 Å². The van der Waals surface area contributed by atoms with Gasteiger partial charge in [-0.2, -0.15) is 5.10 Å². The molecule has 41 heavy (non-hydrogen) atoms. The Kier molecular flexibility index (Phi) is 9.83. The highest BCUT2D eigenvalue weighted by Gasteiger charge is 2.29. The smallest absolute Gasteiger partial charge is 0.261 e. The monoisotopic (exact) mass is 586 g/mol. The number of methoxy groups -OCH3 is 1. The van der Waals surface area contributed by atoms with Crippen molar-refractivity contribution in [3.05, 3.63) is 64.4 Å². The van der Waals surface area contributed by atoms with E-state index < -0.39 is 24.6 Å². The Morgan fingerprint density at radius 2 is 2.07 bits per heavy atom. The van der Waals surface area contributed by atoms with Crippen molar-refractivity contribution < 1.29 is 23.0 Å². The summed E-state index contributed by atoms with van der Waals surface area (Å²) in [5, 5.41) is 9.79. The van der Waals surface area contributed by atoms with Crippen molar-refractivity contribution >= 4 is 28.4 Å². The van der Waals surface area contributed by atoms with Gasteiger partial charge in [-0.25, -0.2) is 8.78 Å². The summed E-state index contributed by atoms with van der Waals surface area (Å²) >= 11 is 1.31. The highest BCUT2D eigenvalue weighted by molar-refractivity contribution is 8.14. The first-order valence-corrected chi connectivity index (χ1v) is 14.2. The van der Waals surface area contributed by atoms with Gasteiger partial charge in [0, 0.05) is 28.8 Å². The number of amidine groups is 1. The van der Waals surface area contributed by atoms with Crippen LogP contribution in [0.5, 0.6) is 0 Å². The number of alkyl halides is 2. The fraction of sp³-hybridized carbons (Fsp3) is 0.448. The van der Waals surface area contributed by atoms with Crippen LogP contribution < -0.4 is 21.8 Å². The molecule has 9 nitrogen and oxygen atoms in total. The summed E-state index contributed by atoms with van der Waals surface area (Å²) in [6.07, 6.45) is 2.41. The van der Waals surface area contributed by atoms with E-state index in [1.54, 1.807) is 18.2 Å². The van der Waals surface area contributed by atoms with E-state index in [2.05, 4.69) is 33.0 Å². The molecule has 1 aromatic carbocycles. The van der Waals surface area contributed by atoms with Crippen molar-refractivity contribution in [1.29, 1.82) is 0 Å². The number of hydrogen-bond acceptors (Lipinski definition) is 9. The quantitative estimate of drug-likeness (QED) is 0.195. The number of nitrogens with zero attached hydrogens (tertiary/aromatic N) is 2. The molecule has 1 aliphatic carbocycles. The average Bonchev–Trinajstić information content (AvgIpc) is 3.70. The van der Waals surface area contributed by atoms with E-state index in [0.717, 1.165) is 24.8 Å². The lowest BCUT2D eigenvalue weighted by molar-refractivity contribution is 0.00177. The minimum Gasteiger partial charge on any atom is -0.495 e. The Labute approximate surface area is 243 Å². The Morgan fingerprint density at radius 1 is 1.32 bits per heavy atom. The standard InChI is InChI=1S/C29H36F2N6O3S/c1-6-16(2)26(32)40-28(37(3)4)18-10-11-19(20(13-18)21-14-22(25(30)31)33-15-23(21)39-5)27(38)34-29-36-35-24(41-29)12-9-17-7-8-17/h10-11,13-15,17,22,24-25,28,33,35H,6-8,32H2,1-5H3,(H,34,36,38). The molecule has 2 aliphatic heterocycles. The van der Waals surface area contributed by atoms with E-state index in [1.807, 2.05) is 32.8 Å². The van der Waals surface area contributed by atoms with E-state index in [-0.39, 0.29) is 10.9 Å². The molecule has 1 aromatic rings. The van der Waals surface area contributed by atoms with Crippen LogP contribution in [0.1, 0.15) is 60.8 Å². The highest BCUT2D eigenvalue weighted by Crippen LogP contribution is 2.34. The molecule has 0 bridgehead atoms. The van der Waals surface area contributed by atoms with Crippen molar-refractivity contribution in [2.75, 3.05) is 21.2 Å². The number of dihydropyridines is 1. The lowest BCUT2D eigenvalue weighted by Crippen LogP contribution is -2.34. The number of benzene rings is 1. The summed E-state index contributed by atoms with van der Waals surface area (Å²) in [7, 11) is 5.11. The van der Waals surface area contributed by atoms with Gasteiger partial charge in [0.1, 0.15) is 11.8 Å². The third-order valence-electron chi connectivity index (χ3n) is 6.76. The van der Waals surface area contributed by atoms with Gasteiger partial charge >= 0.3 is 0 Å². The number of carbonyl (C=O) groups excluding carboxylic acids is 1. The van der Waals surface area contributed by atoms with Gasteiger partial charge in [0.05, 0.1) is 7.11 Å². The zero-order chi connectivity index (χ0) is 29.7. The summed E-state index contributed by atoms with van der Waals surface area (Å²) in [5.74, 6) is 6.91. The number of halogens is 2. The number of allylic oxidation sites excluding steroid dienone is 2. The van der Waals surface area contributed by atoms with E-state index in [4.69, 9.17) is 15.2 Å². The van der Waals surface area contributed by atoms with Crippen LogP contribution in [0.2, 0.25) is 0 Å². The molecule has 3 atom stereocenters. The minimum absolute atomic E-state index is 0.249. The van der Waals surface area contributed by atoms with E-state index in [9.17, 15) is 13.6 Å². The van der Waals surface area contributed by atoms with Crippen molar-refractivity contribution in [2.45, 2.75) is 57.2 Å². The van der Waals surface area contributed by atoms with E-state index in [1.165, 1.54) is 31.1 Å². The lowest BCUT2D eigenvalue weighted by Gasteiger charge is -2.28. The third-order valence-corrected chi connectivity index (χ3v) is 7.64. The van der Waals surface area contributed by atoms with Crippen molar-refractivity contribution in [1.82, 2.24) is 21.0 Å². The SMILES string of the molecule is CCC(C)=C(N)OC(c1ccc(C(=O)NC2=NNC(C#CC3CC3)S2)c(C2=CC(C(F)F)NC=C2OC)c1)N(C)C. The topological polar surface area (TPSA) is 113 Å². The Bertz CT molecular complexity index is 1340. The molecule has 0 spiro atoms. The summed E-state index contributed by atoms with van der Waals surface area (Å²) < 4.78 is 39.1. The number of nitrogens with two attached hydrogens (primary N) is 1. The molecule has 220 valence electrons. The van der Waals surface area contributed by atoms with Crippen molar-refractivity contribution in [3.63, 3.8) is 0 Å². The van der Waals surface area contributed by atoms with Crippen LogP contribution in [0.4, 0.5) is 8.78 Å². The molecule has 0 radical (unpaired) electrons. The molecule has 1 amide bonds. The minimum atomic E-state index is -2.68. The molecule has 2 heterocycles. The largest absolute Gasteiger partial charge is 0.495 e. The predicted molar refractivity (Wildman–Crippen MR) is 157 cm³/mol. The molecule has 3 unspecified atom stereocenters. The summed E-state index contributed by atoms with van der Waals surface area (Å²) in [6.45, 7) is 3.87. The number of amides is 1. The van der Waals surface area contributed by atoms with Crippen LogP contribution in [-0.2, 0) is 9.47 Å². The number of ether oxygens (including phenoxy) is 2. The van der Waals surface area contributed by atoms with Gasteiger partial charge in [-0.15, -0.1) is 0 Å². The first-order chi connectivity index (χ1) is 19.6. The highest BCUT2D eigenvalue weighted by atomic mass is 32.2. The number of thioether (sulfide) groups is 1. The lowest BCUT2D eigenvalue weighted by atomic mass is 9.92. The van der Waals surface area contributed by atoms with E-state index >= 15 is 0 Å². The molecular formula is C29H36F2N6O3S. The Hall–Kier alpha value is -3.69. The maximum absolute atomic E-state index is 13.8. The van der Waals surface area contributed by atoms with Crippen molar-refractivity contribution in [3.8, 4) is 11.8 Å². The van der Waals surface area contributed by atoms with Crippen molar-refractivity contribution in [2.24, 2.45) is 16.8 Å². The maximum Gasteiger partial charge on any atom is 0.261 e. The average molecular weight is 587 g/mol. The summed E-state index contributed by atoms with van der Waals surface area (Å²) in [4.78, 5) is 15.4. The van der Waals surface area contributed by atoms with Crippen LogP contribution in [0.15, 0.2) is 52.8 Å². The normalized spacial score (nSPS) is 21.3. The van der Waals surface area contributed by atoms with Gasteiger partial charge < -0.3 is 20.5 Å². The van der Waals surface area contributed by atoms with Gasteiger partial charge in [-0.05, 0) is 81.4 Å². The van der Waals surface area contributed by atoms with Gasteiger partial charge in [0.2, 0.25) is 0 Å². The van der Waals surface area contributed by atoms with Crippen LogP contribution in [0.25, 0.3) is 5.57 Å². The molecule has 3 aliphatic rings. The Balaban J connectivity index is 1.70. The maximum atomic E-state index is 13.8. The number of nitrogens with one attached hydrogen (secondary N) is 3. The second-order valence-electron chi connectivity index (χ2n) is 10.1. The molecule has 1 saturated carbocycles. The molecule has 1 fully saturated rings. The third kappa shape index (κ3) is 7.54. The molecular weight excluding hydrogens is 550 g/mol. The van der Waals surface area contributed by atoms with Gasteiger partial charge in [0.25, 0.3) is 12.3 Å². The van der Waals surface area contributed by atoms with Gasteiger partial charge in [-0.3, -0.25) is 20.4 Å². The fourth-order valence-electron chi connectivity index (χ4n) is 4.09. The van der Waals surface area contributed by atoms with Crippen LogP contribution in [-0.4, -0.2) is 55.0 Å². The zero-order valence-corrected chi connectivity index (χ0v) is 24.6. The van der Waals surface area contributed by atoms with Gasteiger partial charge in [0.15, 0.2) is 22.7 Å². The molecule has 5 N–H and O–H groups in total. The Morgan fingerprint density at radius 3 is 2.71 bits per heavy atom. The second kappa shape index (κ2) is 13.3. The number of carbonyl (C=O) groups is 1. The number of rotatable bonds is 9. The zero-order valence-electron chi connectivity index (χ0n) is 23.8. The fourth-order valence-corrected chi connectivity index (χ4v) is 4.80.